The Morgan fingerprint density at radius 3 is 2.67 bits per heavy atom. The van der Waals surface area contributed by atoms with Gasteiger partial charge in [0.2, 0.25) is 5.13 Å². The lowest BCUT2D eigenvalue weighted by atomic mass is 9.94. The van der Waals surface area contributed by atoms with Gasteiger partial charge in [-0.25, -0.2) is 0 Å². The summed E-state index contributed by atoms with van der Waals surface area (Å²) in [4.78, 5) is 28.2. The minimum Gasteiger partial charge on any atom is -0.507 e. The number of hydrogen-bond acceptors (Lipinski definition) is 8. The molecule has 2 aliphatic rings. The molecule has 9 heteroatoms. The van der Waals surface area contributed by atoms with Crippen LogP contribution in [0, 0.1) is 6.92 Å². The fourth-order valence-corrected chi connectivity index (χ4v) is 5.68. The summed E-state index contributed by atoms with van der Waals surface area (Å²) in [5.41, 5.74) is 2.98. The summed E-state index contributed by atoms with van der Waals surface area (Å²) in [6.45, 7) is 4.11. The molecule has 0 bridgehead atoms. The van der Waals surface area contributed by atoms with Crippen LogP contribution >= 0.6 is 11.3 Å². The van der Waals surface area contributed by atoms with Crippen molar-refractivity contribution in [1.82, 2.24) is 10.2 Å². The highest BCUT2D eigenvalue weighted by molar-refractivity contribution is 7.15. The fraction of sp³-hybridized carbons (Fsp3) is 0.200. The lowest BCUT2D eigenvalue weighted by Crippen LogP contribution is -2.29. The highest BCUT2D eigenvalue weighted by Gasteiger charge is 2.48. The number of carbonyl (C=O) groups is 2. The molecule has 2 atom stereocenters. The van der Waals surface area contributed by atoms with E-state index in [2.05, 4.69) is 10.2 Å². The van der Waals surface area contributed by atoms with E-state index in [0.717, 1.165) is 16.9 Å². The van der Waals surface area contributed by atoms with E-state index in [4.69, 9.17) is 9.47 Å². The summed E-state index contributed by atoms with van der Waals surface area (Å²) in [5.74, 6) is -0.486. The minimum absolute atomic E-state index is 0.0139. The topological polar surface area (TPSA) is 102 Å². The monoisotopic (exact) mass is 539 g/mol. The number of benzene rings is 3. The summed E-state index contributed by atoms with van der Waals surface area (Å²) in [7, 11) is 0. The van der Waals surface area contributed by atoms with Crippen molar-refractivity contribution in [1.29, 1.82) is 0 Å². The minimum atomic E-state index is -0.916. The number of anilines is 1. The van der Waals surface area contributed by atoms with Crippen LogP contribution in [0.25, 0.3) is 5.76 Å². The van der Waals surface area contributed by atoms with Crippen LogP contribution in [-0.4, -0.2) is 33.1 Å². The van der Waals surface area contributed by atoms with Crippen molar-refractivity contribution in [3.05, 3.63) is 106 Å². The molecule has 1 saturated heterocycles. The Hall–Kier alpha value is -4.50. The number of nitrogens with zero attached hydrogens (tertiary/aromatic N) is 3. The van der Waals surface area contributed by atoms with Gasteiger partial charge in [0, 0.05) is 12.0 Å². The molecule has 2 unspecified atom stereocenters. The maximum Gasteiger partial charge on any atom is 0.301 e. The average Bonchev–Trinajstić information content (AvgIpc) is 3.62. The zero-order valence-corrected chi connectivity index (χ0v) is 22.1. The molecule has 1 N–H and O–H groups in total. The first-order valence-electron chi connectivity index (χ1n) is 12.6. The number of ether oxygens (including phenoxy) is 2. The number of aliphatic hydroxyl groups is 1. The van der Waals surface area contributed by atoms with Crippen molar-refractivity contribution in [3.63, 3.8) is 0 Å². The van der Waals surface area contributed by atoms with E-state index < -0.39 is 17.7 Å². The molecule has 3 aromatic carbocycles. The van der Waals surface area contributed by atoms with Gasteiger partial charge >= 0.3 is 5.91 Å². The molecule has 196 valence electrons. The van der Waals surface area contributed by atoms with Gasteiger partial charge in [0.1, 0.15) is 35.0 Å². The van der Waals surface area contributed by atoms with Gasteiger partial charge in [-0.2, -0.15) is 0 Å². The predicted octanol–water partition coefficient (Wildman–Crippen LogP) is 5.38. The summed E-state index contributed by atoms with van der Waals surface area (Å²) >= 11 is 1.21. The lowest BCUT2D eigenvalue weighted by Gasteiger charge is -2.23. The van der Waals surface area contributed by atoms with E-state index in [0.29, 0.717) is 34.9 Å². The highest BCUT2D eigenvalue weighted by atomic mass is 32.1. The molecule has 3 heterocycles. The maximum atomic E-state index is 13.5. The first-order valence-corrected chi connectivity index (χ1v) is 13.4. The quantitative estimate of drug-likeness (QED) is 0.200. The van der Waals surface area contributed by atoms with Gasteiger partial charge in [-0.3, -0.25) is 14.5 Å². The Bertz CT molecular complexity index is 1610. The molecule has 1 amide bonds. The third kappa shape index (κ3) is 4.66. The molecule has 39 heavy (non-hydrogen) atoms. The Kier molecular flexibility index (Phi) is 6.36. The molecule has 1 aromatic heterocycles. The largest absolute Gasteiger partial charge is 0.507 e. The second-order valence-electron chi connectivity index (χ2n) is 9.57. The molecule has 2 aliphatic heterocycles. The summed E-state index contributed by atoms with van der Waals surface area (Å²) in [6, 6.07) is 21.4. The Morgan fingerprint density at radius 2 is 1.90 bits per heavy atom. The SMILES string of the molecule is Cc1nnc(N2C(=O)C(=O)/C(=C(\O)c3ccc4c(c3)CC(C)O4)C2c2cccc(OCc3ccccc3)c2)s1. The van der Waals surface area contributed by atoms with Crippen molar-refractivity contribution >= 4 is 33.9 Å². The van der Waals surface area contributed by atoms with Crippen molar-refractivity contribution in [2.75, 3.05) is 4.90 Å². The second kappa shape index (κ2) is 9.99. The maximum absolute atomic E-state index is 13.5. The number of Topliss-reactive ketones (excluding diaryl/α,β-unsaturated/α-hetero) is 1. The van der Waals surface area contributed by atoms with Crippen LogP contribution in [0.4, 0.5) is 5.13 Å². The average molecular weight is 540 g/mol. The van der Waals surface area contributed by atoms with Gasteiger partial charge in [-0.15, -0.1) is 10.2 Å². The van der Waals surface area contributed by atoms with Gasteiger partial charge < -0.3 is 14.6 Å². The third-order valence-electron chi connectivity index (χ3n) is 6.76. The van der Waals surface area contributed by atoms with E-state index >= 15 is 0 Å². The number of fused-ring (bicyclic) bond motifs is 1. The van der Waals surface area contributed by atoms with Crippen LogP contribution in [0.5, 0.6) is 11.5 Å². The first kappa shape index (κ1) is 24.8. The molecule has 8 nitrogen and oxygen atoms in total. The molecular formula is C30H25N3O5S. The Labute approximate surface area is 229 Å². The molecule has 6 rings (SSSR count). The van der Waals surface area contributed by atoms with Crippen LogP contribution in [0.3, 0.4) is 0 Å². The number of aromatic nitrogens is 2. The van der Waals surface area contributed by atoms with Gasteiger partial charge in [-0.1, -0.05) is 53.8 Å². The summed E-state index contributed by atoms with van der Waals surface area (Å²) < 4.78 is 11.8. The molecule has 0 saturated carbocycles. The number of amides is 1. The van der Waals surface area contributed by atoms with Crippen molar-refractivity contribution < 1.29 is 24.2 Å². The highest BCUT2D eigenvalue weighted by Crippen LogP contribution is 2.44. The van der Waals surface area contributed by atoms with Crippen LogP contribution in [0.1, 0.15) is 40.2 Å². The van der Waals surface area contributed by atoms with E-state index in [1.165, 1.54) is 16.2 Å². The van der Waals surface area contributed by atoms with E-state index in [-0.39, 0.29) is 22.6 Å². The van der Waals surface area contributed by atoms with Gasteiger partial charge in [0.15, 0.2) is 0 Å². The van der Waals surface area contributed by atoms with Gasteiger partial charge in [0.25, 0.3) is 5.78 Å². The number of carbonyl (C=O) groups excluding carboxylic acids is 2. The first-order chi connectivity index (χ1) is 18.9. The number of aryl methyl sites for hydroxylation is 1. The van der Waals surface area contributed by atoms with Gasteiger partial charge in [-0.05, 0) is 60.9 Å². The lowest BCUT2D eigenvalue weighted by molar-refractivity contribution is -0.132. The number of aliphatic hydroxyl groups excluding tert-OH is 1. The zero-order valence-electron chi connectivity index (χ0n) is 21.3. The van der Waals surface area contributed by atoms with E-state index in [9.17, 15) is 14.7 Å². The zero-order chi connectivity index (χ0) is 27.1. The van der Waals surface area contributed by atoms with Gasteiger partial charge in [0.05, 0.1) is 11.6 Å². The second-order valence-corrected chi connectivity index (χ2v) is 10.7. The third-order valence-corrected chi connectivity index (χ3v) is 7.60. The Balaban J connectivity index is 1.44. The molecule has 0 radical (unpaired) electrons. The van der Waals surface area contributed by atoms with Crippen molar-refractivity contribution in [2.45, 2.75) is 39.0 Å². The molecule has 1 fully saturated rings. The van der Waals surface area contributed by atoms with Crippen molar-refractivity contribution in [2.24, 2.45) is 0 Å². The normalized spacial score (nSPS) is 19.7. The van der Waals surface area contributed by atoms with Crippen molar-refractivity contribution in [3.8, 4) is 11.5 Å². The smallest absolute Gasteiger partial charge is 0.301 e. The molecule has 0 spiro atoms. The molecule has 0 aliphatic carbocycles. The number of ketones is 1. The van der Waals surface area contributed by atoms with Crippen LogP contribution in [-0.2, 0) is 22.6 Å². The van der Waals surface area contributed by atoms with E-state index in [1.807, 2.05) is 49.4 Å². The predicted molar refractivity (Wildman–Crippen MR) is 147 cm³/mol. The molecular weight excluding hydrogens is 514 g/mol. The number of rotatable bonds is 6. The summed E-state index contributed by atoms with van der Waals surface area (Å²) in [6.07, 6.45) is 0.723. The summed E-state index contributed by atoms with van der Waals surface area (Å²) in [5, 5.41) is 20.6. The van der Waals surface area contributed by atoms with Crippen LogP contribution in [0.15, 0.2) is 78.4 Å². The number of hydrogen-bond donors (Lipinski definition) is 1. The standard InChI is InChI=1S/C30H25N3O5S/c1-17-13-22-14-21(11-12-24(22)38-17)27(34)25-26(33(29(36)28(25)35)30-32-31-18(2)39-30)20-9-6-10-23(15-20)37-16-19-7-4-3-5-8-19/h3-12,14-15,17,26,34H,13,16H2,1-2H3/b27-25-. The van der Waals surface area contributed by atoms with Crippen LogP contribution < -0.4 is 14.4 Å². The van der Waals surface area contributed by atoms with E-state index in [1.54, 1.807) is 37.3 Å². The fourth-order valence-electron chi connectivity index (χ4n) is 4.97. The molecule has 4 aromatic rings. The Morgan fingerprint density at radius 1 is 1.08 bits per heavy atom. The van der Waals surface area contributed by atoms with Crippen LogP contribution in [0.2, 0.25) is 0 Å².